The van der Waals surface area contributed by atoms with Crippen molar-refractivity contribution in [2.45, 2.75) is 108 Å². The molecule has 64 heavy (non-hydrogen) atoms. The van der Waals surface area contributed by atoms with Gasteiger partial charge in [-0.1, -0.05) is 66.6 Å². The summed E-state index contributed by atoms with van der Waals surface area (Å²) < 4.78 is 61.7. The second-order valence-electron chi connectivity index (χ2n) is 17.0. The van der Waals surface area contributed by atoms with Crippen LogP contribution in [-0.4, -0.2) is 78.1 Å². The fourth-order valence-corrected chi connectivity index (χ4v) is 9.83. The number of fused-ring (bicyclic) bond motifs is 2. The highest BCUT2D eigenvalue weighted by atomic mass is 19.1. The summed E-state index contributed by atoms with van der Waals surface area (Å²) in [5.41, 5.74) is 3.40. The lowest BCUT2D eigenvalue weighted by Crippen LogP contribution is -2.70. The molecule has 0 spiro atoms. The maximum Gasteiger partial charge on any atom is 0.410 e. The van der Waals surface area contributed by atoms with E-state index in [0.29, 0.717) is 60.6 Å². The van der Waals surface area contributed by atoms with E-state index in [-0.39, 0.29) is 69.6 Å². The number of allylic oxidation sites excluding steroid dienone is 1. The van der Waals surface area contributed by atoms with E-state index in [1.165, 1.54) is 18.2 Å². The fourth-order valence-electron chi connectivity index (χ4n) is 9.83. The van der Waals surface area contributed by atoms with Crippen LogP contribution in [0.25, 0.3) is 0 Å². The second-order valence-corrected chi connectivity index (χ2v) is 17.0. The first-order valence-corrected chi connectivity index (χ1v) is 22.8. The molecule has 1 saturated heterocycles. The maximum absolute atomic E-state index is 14.8. The maximum atomic E-state index is 14.8. The number of hydrogen-bond acceptors (Lipinski definition) is 10. The van der Waals surface area contributed by atoms with Gasteiger partial charge in [-0.3, -0.25) is 4.90 Å². The Morgan fingerprint density at radius 1 is 0.969 bits per heavy atom. The molecule has 2 fully saturated rings. The smallest absolute Gasteiger partial charge is 0.410 e. The van der Waals surface area contributed by atoms with Gasteiger partial charge in [-0.2, -0.15) is 0 Å². The summed E-state index contributed by atoms with van der Waals surface area (Å²) >= 11 is 0. The van der Waals surface area contributed by atoms with Crippen molar-refractivity contribution in [3.8, 4) is 11.5 Å². The zero-order chi connectivity index (χ0) is 44.9. The molecule has 4 aliphatic rings. The molecule has 1 unspecified atom stereocenters. The summed E-state index contributed by atoms with van der Waals surface area (Å²) in [6.45, 7) is 8.66. The zero-order valence-corrected chi connectivity index (χ0v) is 36.6. The van der Waals surface area contributed by atoms with Gasteiger partial charge in [0.15, 0.2) is 0 Å². The van der Waals surface area contributed by atoms with Crippen molar-refractivity contribution in [1.29, 1.82) is 0 Å². The Balaban J connectivity index is 1.43. The van der Waals surface area contributed by atoms with Crippen LogP contribution in [0.5, 0.6) is 11.5 Å². The Labute approximate surface area is 375 Å². The quantitative estimate of drug-likeness (QED) is 0.0576. The van der Waals surface area contributed by atoms with Crippen molar-refractivity contribution in [3.05, 3.63) is 132 Å². The number of aliphatic hydroxyl groups excluding tert-OH is 2. The van der Waals surface area contributed by atoms with Crippen molar-refractivity contribution in [2.75, 3.05) is 33.0 Å². The Bertz CT molecular complexity index is 2090. The number of rotatable bonds is 22. The Kier molecular flexibility index (Phi) is 16.6. The van der Waals surface area contributed by atoms with E-state index < -0.39 is 35.9 Å². The number of oxime groups is 1. The average Bonchev–Trinajstić information content (AvgIpc) is 3.31. The van der Waals surface area contributed by atoms with Crippen LogP contribution in [0.1, 0.15) is 93.2 Å². The van der Waals surface area contributed by atoms with Crippen LogP contribution >= 0.6 is 0 Å². The molecular weight excluding hydrogens is 823 g/mol. The Hall–Kier alpha value is -5.08. The van der Waals surface area contributed by atoms with Gasteiger partial charge in [-0.25, -0.2) is 13.6 Å². The molecule has 7 atom stereocenters. The van der Waals surface area contributed by atoms with Gasteiger partial charge >= 0.3 is 6.09 Å². The molecule has 344 valence electrons. The predicted molar refractivity (Wildman–Crippen MR) is 238 cm³/mol. The monoisotopic (exact) mass is 884 g/mol. The van der Waals surface area contributed by atoms with Crippen LogP contribution in [0.3, 0.4) is 0 Å². The van der Waals surface area contributed by atoms with Crippen LogP contribution < -0.4 is 9.47 Å². The summed E-state index contributed by atoms with van der Waals surface area (Å²) in [4.78, 5) is 22.5. The molecule has 2 heterocycles. The number of carbonyl (C=O) groups excluding carboxylic acids is 1. The van der Waals surface area contributed by atoms with Crippen molar-refractivity contribution in [1.82, 2.24) is 4.90 Å². The molecule has 2 aliphatic heterocycles. The number of benzene rings is 3. The average molecular weight is 885 g/mol. The normalized spacial score (nSPS) is 25.2. The number of aliphatic hydroxyl groups is 2. The van der Waals surface area contributed by atoms with Crippen LogP contribution in [-0.2, 0) is 32.2 Å². The fraction of sp³-hybridized carbons (Fsp3) is 0.490. The lowest BCUT2D eigenvalue weighted by molar-refractivity contribution is -0.256. The van der Waals surface area contributed by atoms with E-state index in [2.05, 4.69) is 19.2 Å². The van der Waals surface area contributed by atoms with Crippen LogP contribution in [0.2, 0.25) is 0 Å². The topological polar surface area (TPSA) is 129 Å². The van der Waals surface area contributed by atoms with Crippen molar-refractivity contribution in [3.63, 3.8) is 0 Å². The Morgan fingerprint density at radius 2 is 1.77 bits per heavy atom. The number of ether oxygens (including phenoxy) is 5. The highest BCUT2D eigenvalue weighted by molar-refractivity contribution is 6.03. The summed E-state index contributed by atoms with van der Waals surface area (Å²) in [5, 5.41) is 24.8. The molecule has 0 aromatic heterocycles. The van der Waals surface area contributed by atoms with Gasteiger partial charge in [0, 0.05) is 49.6 Å². The number of hydrogen-bond donors (Lipinski definition) is 2. The molecule has 0 radical (unpaired) electrons. The van der Waals surface area contributed by atoms with Gasteiger partial charge in [0.1, 0.15) is 35.8 Å². The van der Waals surface area contributed by atoms with Crippen LogP contribution in [0.15, 0.2) is 109 Å². The second kappa shape index (κ2) is 22.7. The van der Waals surface area contributed by atoms with Gasteiger partial charge in [0.05, 0.1) is 31.5 Å². The minimum atomic E-state index is -1.56. The van der Waals surface area contributed by atoms with Gasteiger partial charge in [-0.05, 0) is 104 Å². The third-order valence-corrected chi connectivity index (χ3v) is 12.8. The summed E-state index contributed by atoms with van der Waals surface area (Å²) in [6.07, 6.45) is 11.8. The molecule has 0 bridgehead atoms. The number of halogens is 2. The predicted octanol–water partition coefficient (Wildman–Crippen LogP) is 9.92. The molecule has 7 rings (SSSR count). The molecule has 1 amide bonds. The first kappa shape index (κ1) is 46.9. The zero-order valence-electron chi connectivity index (χ0n) is 36.6. The number of unbranched alkanes of at least 4 members (excludes halogenated alkanes) is 2. The van der Waals surface area contributed by atoms with E-state index >= 15 is 0 Å². The summed E-state index contributed by atoms with van der Waals surface area (Å²) in [5.74, 6) is -2.24. The standard InChI is InChI=1S/C51H62F2N2O9/c1-3-5-28-60-50(58)55(33-35-19-21-38(52)22-20-35)46-32-44(54-64-47-18-10-13-29-59-47)41-30-36(14-8-11-25-56)40(16-9-12-26-57)48-42-31-39(61-34-37-15-6-7-17-43(37)53)23-24-45(42)63-51(46,49(41)48)62-27-4-2/h3-4,6-7,15,17,19-24,30-31,36,40,46-49,56-57H,1-2,5,8-14,16,18,25-29,32-34H2/t36-,40+,46-,47?,48+,49+,51+/m0/s1. The van der Waals surface area contributed by atoms with E-state index in [0.717, 1.165) is 49.7 Å². The van der Waals surface area contributed by atoms with Crippen LogP contribution in [0.4, 0.5) is 13.6 Å². The molecule has 2 aliphatic carbocycles. The first-order valence-electron chi connectivity index (χ1n) is 22.8. The third kappa shape index (κ3) is 10.9. The molecular formula is C51H62F2N2O9. The lowest BCUT2D eigenvalue weighted by atomic mass is 9.55. The van der Waals surface area contributed by atoms with E-state index in [9.17, 15) is 23.8 Å². The van der Waals surface area contributed by atoms with Crippen molar-refractivity contribution in [2.24, 2.45) is 22.9 Å². The molecule has 13 heteroatoms. The van der Waals surface area contributed by atoms with Gasteiger partial charge in [-0.15, -0.1) is 13.2 Å². The van der Waals surface area contributed by atoms with Crippen molar-refractivity contribution >= 4 is 11.8 Å². The van der Waals surface area contributed by atoms with E-state index in [1.54, 1.807) is 53.5 Å². The summed E-state index contributed by atoms with van der Waals surface area (Å²) in [6, 6.07) is 17.2. The van der Waals surface area contributed by atoms with Crippen molar-refractivity contribution < 1.29 is 52.3 Å². The SMILES string of the molecule is C=CCCOC(=O)N(Cc1ccc(F)cc1)[C@H]1CC(=NOC2CCCCO2)C2=C[C@H](CCCCO)[C@@H](CCCCO)[C@@H]3c4cc(OCc5ccccc5F)ccc4O[C@@]1(OCC=C)[C@H]23. The minimum Gasteiger partial charge on any atom is -0.489 e. The summed E-state index contributed by atoms with van der Waals surface area (Å²) in [7, 11) is 0. The molecule has 3 aromatic rings. The van der Waals surface area contributed by atoms with Gasteiger partial charge in [0.2, 0.25) is 12.1 Å². The molecule has 1 saturated carbocycles. The largest absolute Gasteiger partial charge is 0.489 e. The van der Waals surface area contributed by atoms with Gasteiger partial charge < -0.3 is 38.7 Å². The molecule has 3 aromatic carbocycles. The number of carbonyl (C=O) groups is 1. The van der Waals surface area contributed by atoms with Crippen LogP contribution in [0, 0.1) is 29.4 Å². The molecule has 11 nitrogen and oxygen atoms in total. The van der Waals surface area contributed by atoms with E-state index in [1.807, 2.05) is 12.1 Å². The molecule has 2 N–H and O–H groups in total. The number of amides is 1. The third-order valence-electron chi connectivity index (χ3n) is 12.8. The lowest BCUT2D eigenvalue weighted by Gasteiger charge is -2.60. The Morgan fingerprint density at radius 3 is 2.50 bits per heavy atom. The number of nitrogens with zero attached hydrogens (tertiary/aromatic N) is 2. The highest BCUT2D eigenvalue weighted by Crippen LogP contribution is 2.62. The minimum absolute atomic E-state index is 0.000552. The van der Waals surface area contributed by atoms with E-state index in [4.69, 9.17) is 33.7 Å². The first-order chi connectivity index (χ1) is 31.3. The highest BCUT2D eigenvalue weighted by Gasteiger charge is 2.65. The van der Waals surface area contributed by atoms with Gasteiger partial charge in [0.25, 0.3) is 0 Å².